The summed E-state index contributed by atoms with van der Waals surface area (Å²) in [5, 5.41) is 13.5. The van der Waals surface area contributed by atoms with Gasteiger partial charge in [-0.05, 0) is 32.0 Å². The molecule has 0 fully saturated rings. The molecule has 1 aromatic carbocycles. The van der Waals surface area contributed by atoms with E-state index in [-0.39, 0.29) is 23.6 Å². The normalized spacial score (nSPS) is 10.5. The van der Waals surface area contributed by atoms with Gasteiger partial charge in [0.25, 0.3) is 0 Å². The summed E-state index contributed by atoms with van der Waals surface area (Å²) in [6.45, 7) is 4.87. The van der Waals surface area contributed by atoms with Gasteiger partial charge in [-0.15, -0.1) is 0 Å². The maximum atomic E-state index is 11.2. The van der Waals surface area contributed by atoms with Gasteiger partial charge in [0, 0.05) is 12.2 Å². The predicted octanol–water partition coefficient (Wildman–Crippen LogP) is 2.07. The lowest BCUT2D eigenvalue weighted by molar-refractivity contribution is 0.0693. The van der Waals surface area contributed by atoms with E-state index in [0.29, 0.717) is 0 Å². The summed E-state index contributed by atoms with van der Waals surface area (Å²) in [6, 6.07) is 6.71. The van der Waals surface area contributed by atoms with Crippen LogP contribution in [0.5, 0.6) is 5.75 Å². The topological polar surface area (TPSA) is 90.4 Å². The molecule has 106 valence electrons. The molecule has 0 bridgehead atoms. The number of rotatable bonds is 5. The number of benzene rings is 1. The maximum absolute atomic E-state index is 11.2. The quantitative estimate of drug-likeness (QED) is 0.815. The second-order valence-corrected chi connectivity index (χ2v) is 4.41. The van der Waals surface area contributed by atoms with E-state index in [9.17, 15) is 9.90 Å². The molecule has 0 unspecified atom stereocenters. The van der Waals surface area contributed by atoms with Gasteiger partial charge < -0.3 is 15.6 Å². The third-order valence-corrected chi connectivity index (χ3v) is 2.93. The Morgan fingerprint density at radius 2 is 2.25 bits per heavy atom. The van der Waals surface area contributed by atoms with Gasteiger partial charge in [0.1, 0.15) is 17.9 Å². The van der Waals surface area contributed by atoms with Crippen LogP contribution in [0.2, 0.25) is 0 Å². The van der Waals surface area contributed by atoms with Crippen LogP contribution in [0.3, 0.4) is 0 Å². The molecule has 6 nitrogen and oxygen atoms in total. The van der Waals surface area contributed by atoms with E-state index >= 15 is 0 Å². The summed E-state index contributed by atoms with van der Waals surface area (Å²) < 4.78 is 7.42. The Labute approximate surface area is 116 Å². The lowest BCUT2D eigenvalue weighted by Crippen LogP contribution is -2.09. The van der Waals surface area contributed by atoms with Gasteiger partial charge in [0.2, 0.25) is 0 Å². The van der Waals surface area contributed by atoms with E-state index in [1.807, 2.05) is 24.6 Å². The van der Waals surface area contributed by atoms with Gasteiger partial charge >= 0.3 is 5.97 Å². The fourth-order valence-electron chi connectivity index (χ4n) is 2.04. The Morgan fingerprint density at radius 3 is 2.90 bits per heavy atom. The minimum atomic E-state index is -1.10. The number of carbonyl (C=O) groups is 1. The number of nitrogens with zero attached hydrogens (tertiary/aromatic N) is 2. The second kappa shape index (κ2) is 5.64. The molecule has 0 saturated carbocycles. The summed E-state index contributed by atoms with van der Waals surface area (Å²) in [4.78, 5) is 11.2. The summed E-state index contributed by atoms with van der Waals surface area (Å²) in [5.74, 6) is -0.836. The Bertz CT molecular complexity index is 635. The average Bonchev–Trinajstić information content (AvgIpc) is 2.76. The zero-order valence-corrected chi connectivity index (χ0v) is 11.5. The summed E-state index contributed by atoms with van der Waals surface area (Å²) >= 11 is 0. The van der Waals surface area contributed by atoms with E-state index in [2.05, 4.69) is 5.10 Å². The fraction of sp³-hybridized carbons (Fsp3) is 0.286. The number of carboxylic acids is 1. The molecule has 6 heteroatoms. The highest BCUT2D eigenvalue weighted by atomic mass is 16.5. The van der Waals surface area contributed by atoms with Crippen molar-refractivity contribution in [2.24, 2.45) is 0 Å². The monoisotopic (exact) mass is 275 g/mol. The number of nitrogen functional groups attached to an aromatic ring is 1. The van der Waals surface area contributed by atoms with Crippen LogP contribution >= 0.6 is 0 Å². The zero-order valence-electron chi connectivity index (χ0n) is 11.5. The van der Waals surface area contributed by atoms with Crippen LogP contribution in [-0.2, 0) is 13.2 Å². The van der Waals surface area contributed by atoms with Crippen LogP contribution in [0.15, 0.2) is 24.3 Å². The smallest absolute Gasteiger partial charge is 0.341 e. The minimum absolute atomic E-state index is 0.00761. The van der Waals surface area contributed by atoms with Crippen LogP contribution in [0.25, 0.3) is 0 Å². The molecule has 0 saturated heterocycles. The molecule has 20 heavy (non-hydrogen) atoms. The van der Waals surface area contributed by atoms with E-state index in [4.69, 9.17) is 10.5 Å². The van der Waals surface area contributed by atoms with Crippen molar-refractivity contribution < 1.29 is 14.6 Å². The number of ether oxygens (including phenoxy) is 1. The van der Waals surface area contributed by atoms with Crippen molar-refractivity contribution in [3.05, 3.63) is 41.2 Å². The van der Waals surface area contributed by atoms with Crippen molar-refractivity contribution in [1.82, 2.24) is 9.78 Å². The SMILES string of the molecule is CCn1nc(C)cc1COc1cccc(N)c1C(=O)O. The highest BCUT2D eigenvalue weighted by molar-refractivity contribution is 5.96. The molecule has 0 spiro atoms. The number of aromatic nitrogens is 2. The number of hydrogen-bond acceptors (Lipinski definition) is 4. The average molecular weight is 275 g/mol. The number of aromatic carboxylic acids is 1. The largest absolute Gasteiger partial charge is 0.486 e. The lowest BCUT2D eigenvalue weighted by Gasteiger charge is -2.11. The molecule has 0 aliphatic rings. The van der Waals surface area contributed by atoms with Crippen molar-refractivity contribution in [3.63, 3.8) is 0 Å². The first kappa shape index (κ1) is 13.9. The number of aryl methyl sites for hydroxylation is 2. The predicted molar refractivity (Wildman–Crippen MR) is 74.8 cm³/mol. The summed E-state index contributed by atoms with van der Waals surface area (Å²) in [6.07, 6.45) is 0. The molecule has 1 heterocycles. The standard InChI is InChI=1S/C14H17N3O3/c1-3-17-10(7-9(2)16-17)8-20-12-6-4-5-11(15)13(12)14(18)19/h4-7H,3,8,15H2,1-2H3,(H,18,19). The summed E-state index contributed by atoms with van der Waals surface area (Å²) in [7, 11) is 0. The Hall–Kier alpha value is -2.50. The second-order valence-electron chi connectivity index (χ2n) is 4.41. The number of nitrogens with two attached hydrogens (primary N) is 1. The summed E-state index contributed by atoms with van der Waals surface area (Å²) in [5.41, 5.74) is 7.65. The zero-order chi connectivity index (χ0) is 14.7. The first-order valence-electron chi connectivity index (χ1n) is 6.30. The van der Waals surface area contributed by atoms with Crippen LogP contribution in [0.1, 0.15) is 28.7 Å². The molecule has 0 atom stereocenters. The molecule has 2 rings (SSSR count). The van der Waals surface area contributed by atoms with Crippen molar-refractivity contribution in [2.75, 3.05) is 5.73 Å². The molecule has 0 amide bonds. The third-order valence-electron chi connectivity index (χ3n) is 2.93. The Kier molecular flexibility index (Phi) is 3.93. The van der Waals surface area contributed by atoms with Crippen molar-refractivity contribution in [3.8, 4) is 5.75 Å². The van der Waals surface area contributed by atoms with Crippen LogP contribution in [0, 0.1) is 6.92 Å². The molecule has 0 aliphatic carbocycles. The van der Waals surface area contributed by atoms with Gasteiger partial charge in [-0.25, -0.2) is 4.79 Å². The minimum Gasteiger partial charge on any atom is -0.486 e. The number of anilines is 1. The number of carboxylic acid groups (broad SMARTS) is 1. The fourth-order valence-corrected chi connectivity index (χ4v) is 2.04. The Balaban J connectivity index is 2.23. The maximum Gasteiger partial charge on any atom is 0.341 e. The van der Waals surface area contributed by atoms with Crippen molar-refractivity contribution in [2.45, 2.75) is 27.0 Å². The van der Waals surface area contributed by atoms with Crippen LogP contribution < -0.4 is 10.5 Å². The van der Waals surface area contributed by atoms with Gasteiger partial charge in [0.15, 0.2) is 0 Å². The Morgan fingerprint density at radius 1 is 1.50 bits per heavy atom. The molecule has 2 aromatic rings. The first-order valence-corrected chi connectivity index (χ1v) is 6.30. The molecule has 3 N–H and O–H groups in total. The van der Waals surface area contributed by atoms with E-state index < -0.39 is 5.97 Å². The van der Waals surface area contributed by atoms with Gasteiger partial charge in [0.05, 0.1) is 11.4 Å². The van der Waals surface area contributed by atoms with Crippen LogP contribution in [-0.4, -0.2) is 20.9 Å². The van der Waals surface area contributed by atoms with Crippen molar-refractivity contribution in [1.29, 1.82) is 0 Å². The molecular formula is C14H17N3O3. The molecule has 1 aromatic heterocycles. The van der Waals surface area contributed by atoms with Crippen LogP contribution in [0.4, 0.5) is 5.69 Å². The van der Waals surface area contributed by atoms with E-state index in [1.54, 1.807) is 12.1 Å². The van der Waals surface area contributed by atoms with E-state index in [0.717, 1.165) is 17.9 Å². The van der Waals surface area contributed by atoms with Gasteiger partial charge in [-0.3, -0.25) is 4.68 Å². The highest BCUT2D eigenvalue weighted by Crippen LogP contribution is 2.25. The first-order chi connectivity index (χ1) is 9.52. The van der Waals surface area contributed by atoms with Gasteiger partial charge in [-0.1, -0.05) is 6.07 Å². The van der Waals surface area contributed by atoms with Gasteiger partial charge in [-0.2, -0.15) is 5.10 Å². The lowest BCUT2D eigenvalue weighted by atomic mass is 10.1. The van der Waals surface area contributed by atoms with E-state index in [1.165, 1.54) is 6.07 Å². The highest BCUT2D eigenvalue weighted by Gasteiger charge is 2.15. The molecule has 0 radical (unpaired) electrons. The number of hydrogen-bond donors (Lipinski definition) is 2. The third kappa shape index (κ3) is 2.74. The van der Waals surface area contributed by atoms with Crippen molar-refractivity contribution >= 4 is 11.7 Å². The molecular weight excluding hydrogens is 258 g/mol. The molecule has 0 aliphatic heterocycles.